The molecule has 1 aromatic rings. The number of nitrogens with two attached hydrogens (primary N) is 1. The summed E-state index contributed by atoms with van der Waals surface area (Å²) in [5, 5.41) is 15.9. The minimum Gasteiger partial charge on any atom is -0.459 e. The average molecular weight is 748 g/mol. The monoisotopic (exact) mass is 747 g/mol. The van der Waals surface area contributed by atoms with Gasteiger partial charge in [0.25, 0.3) is 5.91 Å². The first-order valence-electron chi connectivity index (χ1n) is 17.9. The second kappa shape index (κ2) is 21.3. The van der Waals surface area contributed by atoms with Crippen LogP contribution >= 0.6 is 0 Å². The molecule has 16 heteroatoms. The highest BCUT2D eigenvalue weighted by Crippen LogP contribution is 2.16. The van der Waals surface area contributed by atoms with Gasteiger partial charge in [-0.2, -0.15) is 0 Å². The normalized spacial score (nSPS) is 15.2. The number of ether oxygens (including phenoxy) is 1. The number of benzene rings is 1. The van der Waals surface area contributed by atoms with Crippen molar-refractivity contribution in [3.63, 3.8) is 0 Å². The Morgan fingerprint density at radius 1 is 0.755 bits per heavy atom. The summed E-state index contributed by atoms with van der Waals surface area (Å²) in [4.78, 5) is 97.8. The van der Waals surface area contributed by atoms with Crippen molar-refractivity contribution in [2.75, 3.05) is 34.7 Å². The lowest BCUT2D eigenvalue weighted by Gasteiger charge is -2.35. The minimum absolute atomic E-state index is 0.0863. The van der Waals surface area contributed by atoms with Crippen molar-refractivity contribution in [1.82, 2.24) is 30.2 Å². The predicted octanol–water partition coefficient (Wildman–Crippen LogP) is 0.109. The Morgan fingerprint density at radius 3 is 1.81 bits per heavy atom. The van der Waals surface area contributed by atoms with Crippen LogP contribution in [0.1, 0.15) is 67.4 Å². The first kappa shape index (κ1) is 46.6. The lowest BCUT2D eigenvalue weighted by atomic mass is 9.99. The molecular weight excluding hydrogens is 686 g/mol. The van der Waals surface area contributed by atoms with E-state index in [1.165, 1.54) is 49.0 Å². The van der Waals surface area contributed by atoms with Crippen molar-refractivity contribution < 1.29 is 43.4 Å². The number of aliphatic hydroxyl groups excluding tert-OH is 1. The number of imide groups is 1. The molecule has 0 bridgehead atoms. The molecule has 5 N–H and O–H groups in total. The molecule has 1 aromatic carbocycles. The van der Waals surface area contributed by atoms with Crippen LogP contribution in [0.4, 0.5) is 0 Å². The van der Waals surface area contributed by atoms with Crippen LogP contribution in [0, 0.1) is 11.8 Å². The first-order valence-corrected chi connectivity index (χ1v) is 17.9. The molecular formula is C37H61N7O9. The summed E-state index contributed by atoms with van der Waals surface area (Å²) in [6.45, 7) is 12.3. The Balaban J connectivity index is 3.13. The summed E-state index contributed by atoms with van der Waals surface area (Å²) in [7, 11) is 5.68. The zero-order chi connectivity index (χ0) is 40.9. The van der Waals surface area contributed by atoms with Crippen molar-refractivity contribution in [3.8, 4) is 0 Å². The van der Waals surface area contributed by atoms with E-state index >= 15 is 0 Å². The number of carbonyl (C=O) groups is 7. The van der Waals surface area contributed by atoms with Crippen molar-refractivity contribution in [1.29, 1.82) is 0 Å². The van der Waals surface area contributed by atoms with Crippen LogP contribution in [0.25, 0.3) is 0 Å². The third kappa shape index (κ3) is 12.6. The van der Waals surface area contributed by atoms with Gasteiger partial charge in [-0.25, -0.2) is 4.79 Å². The van der Waals surface area contributed by atoms with Gasteiger partial charge in [0.1, 0.15) is 36.8 Å². The Morgan fingerprint density at radius 2 is 1.32 bits per heavy atom. The second-order valence-corrected chi connectivity index (χ2v) is 14.1. The number of hydrogen-bond acceptors (Lipinski definition) is 11. The molecule has 0 aliphatic carbocycles. The van der Waals surface area contributed by atoms with Crippen molar-refractivity contribution in [3.05, 3.63) is 35.9 Å². The number of rotatable bonds is 19. The molecule has 53 heavy (non-hydrogen) atoms. The molecule has 0 heterocycles. The number of aliphatic hydroxyl groups is 1. The van der Waals surface area contributed by atoms with E-state index in [0.717, 1.165) is 19.6 Å². The van der Waals surface area contributed by atoms with E-state index < -0.39 is 89.7 Å². The lowest BCUT2D eigenvalue weighted by Crippen LogP contribution is -2.61. The van der Waals surface area contributed by atoms with E-state index in [9.17, 15) is 38.7 Å². The summed E-state index contributed by atoms with van der Waals surface area (Å²) in [5.74, 6) is -5.61. The van der Waals surface area contributed by atoms with Gasteiger partial charge in [0.05, 0.1) is 18.7 Å². The summed E-state index contributed by atoms with van der Waals surface area (Å²) in [6, 6.07) is 1.97. The Labute approximate surface area is 313 Å². The third-order valence-corrected chi connectivity index (χ3v) is 9.40. The minimum atomic E-state index is -1.37. The second-order valence-electron chi connectivity index (χ2n) is 14.1. The van der Waals surface area contributed by atoms with Crippen LogP contribution in [0.5, 0.6) is 0 Å². The van der Waals surface area contributed by atoms with Gasteiger partial charge >= 0.3 is 5.97 Å². The topological polar surface area (TPSA) is 212 Å². The molecule has 0 fully saturated rings. The number of hydrogen-bond donors (Lipinski definition) is 4. The van der Waals surface area contributed by atoms with Crippen LogP contribution in [-0.4, -0.2) is 143 Å². The average Bonchev–Trinajstić information content (AvgIpc) is 3.13. The number of amides is 6. The molecule has 0 spiro atoms. The van der Waals surface area contributed by atoms with Crippen LogP contribution in [0.2, 0.25) is 0 Å². The molecule has 298 valence electrons. The van der Waals surface area contributed by atoms with E-state index in [0.29, 0.717) is 5.56 Å². The summed E-state index contributed by atoms with van der Waals surface area (Å²) < 4.78 is 5.40. The maximum absolute atomic E-state index is 13.9. The predicted molar refractivity (Wildman–Crippen MR) is 198 cm³/mol. The quantitative estimate of drug-likeness (QED) is 0.140. The van der Waals surface area contributed by atoms with Gasteiger partial charge in [-0.15, -0.1) is 0 Å². The van der Waals surface area contributed by atoms with E-state index in [1.807, 2.05) is 0 Å². The molecule has 0 saturated carbocycles. The van der Waals surface area contributed by atoms with Crippen molar-refractivity contribution in [2.45, 2.75) is 111 Å². The van der Waals surface area contributed by atoms with Gasteiger partial charge in [0.2, 0.25) is 29.5 Å². The summed E-state index contributed by atoms with van der Waals surface area (Å²) >= 11 is 0. The molecule has 0 aromatic heterocycles. The SMILES string of the molecule is CCC(N)C(=O)N(C(=O)[C@H](C)N(C)C(=O)[C@@H](NC(=O)[C@H](C)N(C)C(=O)CN(C)C(=O)C(NC)[C@H](O)C(C)C)C(C)C)[C@@H](C)C(=O)OCc1ccccc1. The lowest BCUT2D eigenvalue weighted by molar-refractivity contribution is -0.164. The molecule has 0 saturated heterocycles. The summed E-state index contributed by atoms with van der Waals surface area (Å²) in [6.07, 6.45) is -0.810. The number of esters is 1. The molecule has 0 aliphatic heterocycles. The highest BCUT2D eigenvalue weighted by atomic mass is 16.5. The van der Waals surface area contributed by atoms with Crippen LogP contribution in [-0.2, 0) is 44.9 Å². The Bertz CT molecular complexity index is 1420. The smallest absolute Gasteiger partial charge is 0.329 e. The fraction of sp³-hybridized carbons (Fsp3) is 0.649. The number of nitrogens with one attached hydrogen (secondary N) is 2. The number of carbonyl (C=O) groups excluding carboxylic acids is 7. The molecule has 1 rings (SSSR count). The van der Waals surface area contributed by atoms with Gasteiger partial charge in [-0.1, -0.05) is 65.0 Å². The highest BCUT2D eigenvalue weighted by molar-refractivity contribution is 6.04. The zero-order valence-corrected chi connectivity index (χ0v) is 33.3. The van der Waals surface area contributed by atoms with Gasteiger partial charge in [-0.3, -0.25) is 33.7 Å². The number of likely N-dealkylation sites (N-methyl/N-ethyl adjacent to an activating group) is 4. The van der Waals surface area contributed by atoms with E-state index in [4.69, 9.17) is 10.5 Å². The number of nitrogens with zero attached hydrogens (tertiary/aromatic N) is 4. The Hall–Kier alpha value is -4.41. The molecule has 0 aliphatic rings. The maximum atomic E-state index is 13.9. The maximum Gasteiger partial charge on any atom is 0.329 e. The standard InChI is InChI=1S/C37H61N7O9/c1-13-27(38)34(49)44(25(8)37(52)53-20-26-17-15-14-16-18-26)33(48)24(7)43(12)36(51)29(21(2)3)40-32(47)23(6)42(11)28(45)19-41(10)35(50)30(39-9)31(46)22(4)5/h14-18,21-25,27,29-31,39,46H,13,19-20,38H2,1-12H3,(H,40,47)/t23-,24-,25-,27?,29-,30?,31+/m0/s1. The third-order valence-electron chi connectivity index (χ3n) is 9.40. The summed E-state index contributed by atoms with van der Waals surface area (Å²) in [5.41, 5.74) is 6.72. The highest BCUT2D eigenvalue weighted by Gasteiger charge is 2.41. The van der Waals surface area contributed by atoms with Crippen molar-refractivity contribution in [2.24, 2.45) is 17.6 Å². The molecule has 6 amide bonds. The van der Waals surface area contributed by atoms with E-state index in [2.05, 4.69) is 10.6 Å². The van der Waals surface area contributed by atoms with Gasteiger partial charge < -0.3 is 40.9 Å². The first-order chi connectivity index (χ1) is 24.6. The van der Waals surface area contributed by atoms with Gasteiger partial charge in [0.15, 0.2) is 0 Å². The van der Waals surface area contributed by atoms with Crippen molar-refractivity contribution >= 4 is 41.4 Å². The molecule has 16 nitrogen and oxygen atoms in total. The molecule has 0 radical (unpaired) electrons. The van der Waals surface area contributed by atoms with Crippen LogP contribution in [0.15, 0.2) is 30.3 Å². The van der Waals surface area contributed by atoms with Gasteiger partial charge in [0, 0.05) is 21.1 Å². The largest absolute Gasteiger partial charge is 0.459 e. The molecule has 2 unspecified atom stereocenters. The fourth-order valence-corrected chi connectivity index (χ4v) is 5.21. The Kier molecular flexibility index (Phi) is 18.8. The van der Waals surface area contributed by atoms with E-state index in [-0.39, 0.29) is 25.5 Å². The van der Waals surface area contributed by atoms with E-state index in [1.54, 1.807) is 65.0 Å². The fourth-order valence-electron chi connectivity index (χ4n) is 5.21. The zero-order valence-electron chi connectivity index (χ0n) is 33.3. The van der Waals surface area contributed by atoms with Gasteiger partial charge in [-0.05, 0) is 51.6 Å². The van der Waals surface area contributed by atoms with Crippen LogP contribution < -0.4 is 16.4 Å². The molecule has 7 atom stereocenters. The van der Waals surface area contributed by atoms with Crippen LogP contribution in [0.3, 0.4) is 0 Å².